The summed E-state index contributed by atoms with van der Waals surface area (Å²) in [6.45, 7) is 9.80. The maximum Gasteiger partial charge on any atom is 0.679 e. The van der Waals surface area contributed by atoms with Crippen molar-refractivity contribution in [2.45, 2.75) is 27.7 Å². The summed E-state index contributed by atoms with van der Waals surface area (Å²) in [5, 5.41) is 0. The van der Waals surface area contributed by atoms with E-state index < -0.39 is 9.05 Å². The fourth-order valence-corrected chi connectivity index (χ4v) is 2.87. The molecule has 8 heteroatoms. The van der Waals surface area contributed by atoms with Crippen molar-refractivity contribution in [3.8, 4) is 0 Å². The predicted octanol–water partition coefficient (Wildman–Crippen LogP) is -0.206. The minimum absolute atomic E-state index is 0. The van der Waals surface area contributed by atoms with Crippen LogP contribution in [0.2, 0.25) is 0 Å². The summed E-state index contributed by atoms with van der Waals surface area (Å²) in [6.07, 6.45) is 0. The molecule has 1 unspecified atom stereocenters. The highest BCUT2D eigenvalue weighted by atomic mass is 31.0. The van der Waals surface area contributed by atoms with Crippen LogP contribution < -0.4 is 0 Å². The Morgan fingerprint density at radius 1 is 0.688 bits per heavy atom. The van der Waals surface area contributed by atoms with Crippen LogP contribution in [0.5, 0.6) is 0 Å². The molecule has 1 atom stereocenters. The smallest absolute Gasteiger partial charge is 0.351 e. The lowest BCUT2D eigenvalue weighted by atomic mass is 10.8. The van der Waals surface area contributed by atoms with Crippen LogP contribution in [0.25, 0.3) is 0 Å². The summed E-state index contributed by atoms with van der Waals surface area (Å²) in [6, 6.07) is 0. The molecule has 16 heavy (non-hydrogen) atoms. The second kappa shape index (κ2) is 15.8. The molecule has 0 bridgehead atoms. The van der Waals surface area contributed by atoms with Gasteiger partial charge in [0.05, 0.1) is 0 Å². The molecular weight excluding hydrogens is 258 g/mol. The lowest BCUT2D eigenvalue weighted by Crippen LogP contribution is -2.49. The molecule has 0 aliphatic carbocycles. The monoisotopic (exact) mass is 285 g/mol. The van der Waals surface area contributed by atoms with Gasteiger partial charge in [-0.1, -0.05) is 0 Å². The molecule has 0 N–H and O–H groups in total. The molecule has 0 aromatic rings. The van der Waals surface area contributed by atoms with Gasteiger partial charge in [0.15, 0.2) is 0 Å². The van der Waals surface area contributed by atoms with Gasteiger partial charge in [-0.3, -0.25) is 0 Å². The molecule has 99 valence electrons. The van der Waals surface area contributed by atoms with E-state index >= 15 is 0 Å². The van der Waals surface area contributed by atoms with Gasteiger partial charge in [0.2, 0.25) is 0 Å². The highest BCUT2D eigenvalue weighted by Crippen LogP contribution is 2.11. The highest BCUT2D eigenvalue weighted by Gasteiger charge is 2.44. The zero-order valence-corrected chi connectivity index (χ0v) is 12.7. The molecule has 0 rings (SSSR count). The van der Waals surface area contributed by atoms with Crippen molar-refractivity contribution in [3.05, 3.63) is 0 Å². The van der Waals surface area contributed by atoms with E-state index in [2.05, 4.69) is 0 Å². The van der Waals surface area contributed by atoms with Crippen molar-refractivity contribution in [2.75, 3.05) is 26.4 Å². The zero-order chi connectivity index (χ0) is 10.2. The fraction of sp³-hybridized carbons (Fsp3) is 1.00. The third-order valence-electron chi connectivity index (χ3n) is 1.28. The van der Waals surface area contributed by atoms with Gasteiger partial charge in [-0.05, 0) is 38.7 Å². The highest BCUT2D eigenvalue weighted by molar-refractivity contribution is 6.92. The molecule has 0 aliphatic rings. The molecular formula is C8H27BO4PSi2. The largest absolute Gasteiger partial charge is 0.679 e. The zero-order valence-electron chi connectivity index (χ0n) is 10.2. The van der Waals surface area contributed by atoms with Crippen LogP contribution in [0.4, 0.5) is 0 Å². The van der Waals surface area contributed by atoms with E-state index in [0.29, 0.717) is 26.4 Å². The summed E-state index contributed by atoms with van der Waals surface area (Å²) >= 11 is 0. The van der Waals surface area contributed by atoms with Crippen molar-refractivity contribution < 1.29 is 17.7 Å². The molecule has 0 aromatic carbocycles. The summed E-state index contributed by atoms with van der Waals surface area (Å²) in [4.78, 5) is 0. The van der Waals surface area contributed by atoms with E-state index in [0.717, 1.165) is 0 Å². The Balaban J connectivity index is -0.000000240. The Hall–Kier alpha value is 0.769. The Bertz CT molecular complexity index is 105. The molecule has 0 amide bonds. The summed E-state index contributed by atoms with van der Waals surface area (Å²) < 4.78 is 21.7. The lowest BCUT2D eigenvalue weighted by Gasteiger charge is -2.26. The topological polar surface area (TPSA) is 36.9 Å². The fourth-order valence-electron chi connectivity index (χ4n) is 0.957. The molecule has 0 aromatic heterocycles. The van der Waals surface area contributed by atoms with E-state index in [4.69, 9.17) is 17.7 Å². The number of hydrogen-bond donors (Lipinski definition) is 0. The second-order valence-corrected chi connectivity index (χ2v) is 4.39. The minimum atomic E-state index is -2.80. The molecule has 0 saturated carbocycles. The van der Waals surface area contributed by atoms with Crippen LogP contribution in [0.3, 0.4) is 0 Å². The van der Waals surface area contributed by atoms with Crippen molar-refractivity contribution in [3.63, 3.8) is 0 Å². The summed E-state index contributed by atoms with van der Waals surface area (Å²) in [5.41, 5.74) is 0. The van der Waals surface area contributed by atoms with E-state index in [9.17, 15) is 0 Å². The van der Waals surface area contributed by atoms with Gasteiger partial charge in [0.25, 0.3) is 0 Å². The van der Waals surface area contributed by atoms with Gasteiger partial charge in [-0.15, -0.1) is 0 Å². The maximum absolute atomic E-state index is 5.42. The number of hydrogen-bond acceptors (Lipinski definition) is 4. The van der Waals surface area contributed by atoms with Crippen molar-refractivity contribution >= 4 is 38.3 Å². The quantitative estimate of drug-likeness (QED) is 0.457. The first-order chi connectivity index (χ1) is 6.24. The maximum atomic E-state index is 5.42. The Labute approximate surface area is 110 Å². The third kappa shape index (κ3) is 9.96. The molecule has 0 aliphatic heterocycles. The Kier molecular flexibility index (Phi) is 25.2. The first-order valence-corrected chi connectivity index (χ1v) is 6.43. The third-order valence-corrected chi connectivity index (χ3v) is 3.85. The molecule has 0 heterocycles. The summed E-state index contributed by atoms with van der Waals surface area (Å²) in [7, 11) is -2.80. The first kappa shape index (κ1) is 25.6. The standard InChI is InChI=1S/C8H20O4Si.B.H3P.H4Si/c1-5-9-13(10-6-2,11-7-3)12-8-4;;;/h5-8H2,1-4H3;;1H3;1H4. The first-order valence-electron chi connectivity index (χ1n) is 4.80. The van der Waals surface area contributed by atoms with Gasteiger partial charge >= 0.3 is 9.05 Å². The second-order valence-electron chi connectivity index (χ2n) is 2.23. The van der Waals surface area contributed by atoms with E-state index in [1.165, 1.54) is 0 Å². The molecule has 3 radical (unpaired) electrons. The van der Waals surface area contributed by atoms with E-state index in [1.54, 1.807) is 0 Å². The Morgan fingerprint density at radius 2 is 0.875 bits per heavy atom. The van der Waals surface area contributed by atoms with Crippen LogP contribution in [0.15, 0.2) is 0 Å². The van der Waals surface area contributed by atoms with Crippen molar-refractivity contribution in [1.29, 1.82) is 0 Å². The SMILES string of the molecule is CCO[Si](OCC)(OCC)OCC.P.[B].[SiH4]. The normalized spacial score (nSPS) is 9.75. The van der Waals surface area contributed by atoms with Crippen molar-refractivity contribution in [2.24, 2.45) is 0 Å². The summed E-state index contributed by atoms with van der Waals surface area (Å²) in [5.74, 6) is 0. The average Bonchev–Trinajstić information content (AvgIpc) is 2.06. The van der Waals surface area contributed by atoms with Gasteiger partial charge in [-0.25, -0.2) is 0 Å². The minimum Gasteiger partial charge on any atom is -0.351 e. The van der Waals surface area contributed by atoms with E-state index in [1.807, 2.05) is 27.7 Å². The Morgan fingerprint density at radius 3 is 1.00 bits per heavy atom. The van der Waals surface area contributed by atoms with Crippen LogP contribution in [-0.2, 0) is 17.7 Å². The predicted molar refractivity (Wildman–Crippen MR) is 80.5 cm³/mol. The van der Waals surface area contributed by atoms with Gasteiger partial charge in [0.1, 0.15) is 0 Å². The van der Waals surface area contributed by atoms with E-state index in [-0.39, 0.29) is 29.3 Å². The van der Waals surface area contributed by atoms with Crippen LogP contribution in [0, 0.1) is 0 Å². The van der Waals surface area contributed by atoms with Crippen LogP contribution in [-0.4, -0.2) is 54.9 Å². The lowest BCUT2D eigenvalue weighted by molar-refractivity contribution is -0.0247. The van der Waals surface area contributed by atoms with Crippen LogP contribution >= 0.6 is 9.90 Å². The van der Waals surface area contributed by atoms with Gasteiger partial charge in [-0.2, -0.15) is 9.90 Å². The molecule has 0 spiro atoms. The molecule has 0 fully saturated rings. The average molecular weight is 285 g/mol. The van der Waals surface area contributed by atoms with Gasteiger partial charge < -0.3 is 17.7 Å². The molecule has 0 saturated heterocycles. The van der Waals surface area contributed by atoms with Crippen molar-refractivity contribution in [1.82, 2.24) is 0 Å². The number of rotatable bonds is 8. The molecule has 4 nitrogen and oxygen atoms in total. The van der Waals surface area contributed by atoms with Crippen LogP contribution in [0.1, 0.15) is 27.7 Å². The van der Waals surface area contributed by atoms with Gasteiger partial charge in [0, 0.05) is 34.8 Å².